The third-order valence-corrected chi connectivity index (χ3v) is 8.65. The number of Topliss-reactive ketones (excluding diaryl/α,β-unsaturated/α-hetero) is 1. The van der Waals surface area contributed by atoms with Crippen LogP contribution in [0, 0.1) is 18.7 Å². The molecule has 0 unspecified atom stereocenters. The third kappa shape index (κ3) is 6.50. The summed E-state index contributed by atoms with van der Waals surface area (Å²) < 4.78 is 13.9. The number of carboxylic acid groups (broad SMARTS) is 1. The van der Waals surface area contributed by atoms with Crippen molar-refractivity contribution in [3.63, 3.8) is 0 Å². The molecule has 5 rings (SSSR count). The summed E-state index contributed by atoms with van der Waals surface area (Å²) in [6.07, 6.45) is 6.66. The fourth-order valence-corrected chi connectivity index (χ4v) is 6.34. The minimum absolute atomic E-state index is 0. The first kappa shape index (κ1) is 28.8. The van der Waals surface area contributed by atoms with E-state index in [1.54, 1.807) is 19.2 Å². The highest BCUT2D eigenvalue weighted by atomic mass is 32.1. The monoisotopic (exact) mass is 553 g/mol. The van der Waals surface area contributed by atoms with Crippen LogP contribution in [0.5, 0.6) is 0 Å². The Bertz CT molecular complexity index is 1320. The topological polar surface area (TPSA) is 99.5 Å². The number of aryl methyl sites for hydroxylation is 1. The number of ketones is 1. The second-order valence-corrected chi connectivity index (χ2v) is 11.4. The zero-order valence-corrected chi connectivity index (χ0v) is 22.5. The molecule has 0 spiro atoms. The molecule has 4 heterocycles. The van der Waals surface area contributed by atoms with Crippen molar-refractivity contribution in [2.45, 2.75) is 66.0 Å². The summed E-state index contributed by atoms with van der Waals surface area (Å²) >= 11 is 1.53. The van der Waals surface area contributed by atoms with E-state index in [1.807, 2.05) is 11.0 Å². The Morgan fingerprint density at radius 1 is 1.13 bits per heavy atom. The quantitative estimate of drug-likeness (QED) is 0.371. The number of aromatic nitrogens is 3. The van der Waals surface area contributed by atoms with Crippen LogP contribution in [0.1, 0.15) is 66.0 Å². The molecular formula is C29H36FN5O3S. The smallest absolute Gasteiger partial charge is 0.306 e. The van der Waals surface area contributed by atoms with Gasteiger partial charge >= 0.3 is 5.97 Å². The molecule has 0 radical (unpaired) electrons. The molecule has 2 saturated heterocycles. The number of anilines is 1. The van der Waals surface area contributed by atoms with Crippen molar-refractivity contribution in [2.75, 3.05) is 24.5 Å². The normalized spacial score (nSPS) is 18.2. The predicted molar refractivity (Wildman–Crippen MR) is 151 cm³/mol. The molecule has 2 aromatic heterocycles. The van der Waals surface area contributed by atoms with Crippen LogP contribution in [0.3, 0.4) is 0 Å². The number of hydrogen-bond acceptors (Lipinski definition) is 8. The minimum Gasteiger partial charge on any atom is -0.481 e. The second kappa shape index (κ2) is 12.3. The van der Waals surface area contributed by atoms with Gasteiger partial charge in [0, 0.05) is 36.1 Å². The fourth-order valence-electron chi connectivity index (χ4n) is 5.22. The van der Waals surface area contributed by atoms with E-state index in [-0.39, 0.29) is 37.1 Å². The Labute approximate surface area is 232 Å². The molecule has 3 aromatic rings. The molecule has 208 valence electrons. The van der Waals surface area contributed by atoms with Gasteiger partial charge in [-0.05, 0) is 69.8 Å². The lowest BCUT2D eigenvalue weighted by molar-refractivity contribution is -0.142. The maximum atomic E-state index is 13.9. The minimum atomic E-state index is -0.755. The Kier molecular flexibility index (Phi) is 9.07. The van der Waals surface area contributed by atoms with Crippen molar-refractivity contribution in [1.29, 1.82) is 0 Å². The van der Waals surface area contributed by atoms with Crippen molar-refractivity contribution in [1.82, 2.24) is 19.9 Å². The number of carbonyl (C=O) groups is 2. The molecule has 0 bridgehead atoms. The first-order valence-electron chi connectivity index (χ1n) is 13.1. The Morgan fingerprint density at radius 2 is 1.90 bits per heavy atom. The van der Waals surface area contributed by atoms with Crippen LogP contribution in [0.4, 0.5) is 10.2 Å². The summed E-state index contributed by atoms with van der Waals surface area (Å²) in [7, 11) is 0. The number of hydrogen-bond donors (Lipinski definition) is 1. The summed E-state index contributed by atoms with van der Waals surface area (Å²) in [6.45, 7) is 6.96. The van der Waals surface area contributed by atoms with E-state index in [9.17, 15) is 19.1 Å². The number of aliphatic carboxylic acids is 1. The van der Waals surface area contributed by atoms with E-state index >= 15 is 0 Å². The van der Waals surface area contributed by atoms with Gasteiger partial charge in [0.05, 0.1) is 30.4 Å². The van der Waals surface area contributed by atoms with Gasteiger partial charge in [0.2, 0.25) is 0 Å². The largest absolute Gasteiger partial charge is 0.481 e. The van der Waals surface area contributed by atoms with E-state index in [0.717, 1.165) is 29.2 Å². The van der Waals surface area contributed by atoms with E-state index in [2.05, 4.69) is 21.8 Å². The molecule has 2 aliphatic rings. The average Bonchev–Trinajstić information content (AvgIpc) is 3.51. The van der Waals surface area contributed by atoms with Gasteiger partial charge < -0.3 is 10.0 Å². The van der Waals surface area contributed by atoms with Crippen molar-refractivity contribution >= 4 is 28.9 Å². The van der Waals surface area contributed by atoms with E-state index < -0.39 is 5.97 Å². The summed E-state index contributed by atoms with van der Waals surface area (Å²) in [6, 6.07) is 5.53. The van der Waals surface area contributed by atoms with Crippen LogP contribution < -0.4 is 4.90 Å². The summed E-state index contributed by atoms with van der Waals surface area (Å²) in [5, 5.41) is 9.90. The molecule has 39 heavy (non-hydrogen) atoms. The number of halogens is 1. The first-order valence-corrected chi connectivity index (χ1v) is 13.9. The Balaban J connectivity index is 0.00000353. The number of thiazole rings is 1. The number of piperidine rings is 1. The second-order valence-electron chi connectivity index (χ2n) is 10.3. The fraction of sp³-hybridized carbons (Fsp3) is 0.483. The highest BCUT2D eigenvalue weighted by Crippen LogP contribution is 2.33. The molecule has 0 saturated carbocycles. The zero-order chi connectivity index (χ0) is 26.8. The molecule has 1 atom stereocenters. The van der Waals surface area contributed by atoms with Crippen LogP contribution in [0.25, 0.3) is 11.3 Å². The van der Waals surface area contributed by atoms with Crippen LogP contribution in [-0.4, -0.2) is 62.4 Å². The van der Waals surface area contributed by atoms with Crippen molar-refractivity contribution in [3.8, 4) is 11.3 Å². The van der Waals surface area contributed by atoms with Gasteiger partial charge in [0.15, 0.2) is 5.78 Å². The Hall–Kier alpha value is -3.24. The predicted octanol–water partition coefficient (Wildman–Crippen LogP) is 5.39. The van der Waals surface area contributed by atoms with Gasteiger partial charge in [-0.15, -0.1) is 11.3 Å². The van der Waals surface area contributed by atoms with Gasteiger partial charge in [-0.2, -0.15) is 0 Å². The molecular weight excluding hydrogens is 517 g/mol. The van der Waals surface area contributed by atoms with E-state index in [4.69, 9.17) is 4.98 Å². The van der Waals surface area contributed by atoms with Gasteiger partial charge in [0.25, 0.3) is 0 Å². The molecule has 8 nitrogen and oxygen atoms in total. The average molecular weight is 554 g/mol. The van der Waals surface area contributed by atoms with Crippen molar-refractivity contribution in [3.05, 3.63) is 57.6 Å². The van der Waals surface area contributed by atoms with Gasteiger partial charge in [0.1, 0.15) is 22.3 Å². The van der Waals surface area contributed by atoms with Gasteiger partial charge in [-0.25, -0.2) is 19.3 Å². The van der Waals surface area contributed by atoms with Crippen molar-refractivity contribution in [2.24, 2.45) is 5.92 Å². The molecule has 1 N–H and O–H groups in total. The molecule has 10 heteroatoms. The lowest BCUT2D eigenvalue weighted by atomic mass is 9.97. The number of likely N-dealkylation sites (tertiary alicyclic amines) is 1. The molecule has 2 fully saturated rings. The van der Waals surface area contributed by atoms with Crippen LogP contribution in [-0.2, 0) is 17.8 Å². The van der Waals surface area contributed by atoms with E-state index in [0.29, 0.717) is 48.4 Å². The lowest BCUT2D eigenvalue weighted by Gasteiger charge is -2.30. The number of benzene rings is 1. The zero-order valence-electron chi connectivity index (χ0n) is 21.7. The van der Waals surface area contributed by atoms with Gasteiger partial charge in [-0.1, -0.05) is 7.43 Å². The molecule has 1 aromatic carbocycles. The van der Waals surface area contributed by atoms with Crippen LogP contribution in [0.2, 0.25) is 0 Å². The maximum absolute atomic E-state index is 13.9. The highest BCUT2D eigenvalue weighted by Gasteiger charge is 2.26. The van der Waals surface area contributed by atoms with Crippen LogP contribution >= 0.6 is 11.3 Å². The molecule has 0 amide bonds. The summed E-state index contributed by atoms with van der Waals surface area (Å²) in [5.41, 5.74) is 2.51. The molecule has 0 aliphatic carbocycles. The maximum Gasteiger partial charge on any atom is 0.306 e. The van der Waals surface area contributed by atoms with Crippen molar-refractivity contribution < 1.29 is 19.1 Å². The SMILES string of the molecule is C.Cc1cc(-c2nc(CC(=O)c3cnc(N4CCC(C(=O)O)CC4)cn3)sc2CN2CCC[C@H]2C)ccc1F. The highest BCUT2D eigenvalue weighted by molar-refractivity contribution is 7.12. The third-order valence-electron chi connectivity index (χ3n) is 7.61. The summed E-state index contributed by atoms with van der Waals surface area (Å²) in [5.74, 6) is -0.835. The number of nitrogens with zero attached hydrogens (tertiary/aromatic N) is 5. The Morgan fingerprint density at radius 3 is 2.51 bits per heavy atom. The summed E-state index contributed by atoms with van der Waals surface area (Å²) in [4.78, 5) is 43.4. The van der Waals surface area contributed by atoms with Gasteiger partial charge in [-0.3, -0.25) is 14.5 Å². The number of carboxylic acids is 1. The first-order chi connectivity index (χ1) is 18.3. The van der Waals surface area contributed by atoms with E-state index in [1.165, 1.54) is 36.4 Å². The number of rotatable bonds is 8. The van der Waals surface area contributed by atoms with Crippen LogP contribution in [0.15, 0.2) is 30.6 Å². The molecule has 2 aliphatic heterocycles. The lowest BCUT2D eigenvalue weighted by Crippen LogP contribution is -2.36. The standard InChI is InChI=1S/C28H32FN5O3S.CH4/c1-17-12-20(5-6-21(17)29)27-24(16-34-9-3-4-18(34)2)38-26(32-27)13-23(35)22-14-31-25(15-30-22)33-10-7-19(8-11-33)28(36)37;/h5-6,12,14-15,18-19H,3-4,7-11,13,16H2,1-2H3,(H,36,37);1H4/t18-;/m1./s1. The number of carbonyl (C=O) groups excluding carboxylic acids is 1.